The highest BCUT2D eigenvalue weighted by atomic mass is 35.5. The number of aliphatic imine (C=N–C) groups is 1. The van der Waals surface area contributed by atoms with Crippen LogP contribution >= 0.6 is 23.2 Å². The van der Waals surface area contributed by atoms with Gasteiger partial charge in [0.2, 0.25) is 5.88 Å². The molecular weight excluding hydrogens is 442 g/mol. The van der Waals surface area contributed by atoms with Gasteiger partial charge in [-0.1, -0.05) is 41.4 Å². The molecular formula is C22H19Cl2FN4O2. The Kier molecular flexibility index (Phi) is 6.36. The highest BCUT2D eigenvalue weighted by molar-refractivity contribution is 6.31. The zero-order chi connectivity index (χ0) is 22.0. The first kappa shape index (κ1) is 21.5. The van der Waals surface area contributed by atoms with Crippen molar-refractivity contribution in [1.29, 1.82) is 0 Å². The van der Waals surface area contributed by atoms with Crippen LogP contribution in [0.5, 0.6) is 11.6 Å². The van der Waals surface area contributed by atoms with Gasteiger partial charge in [0.05, 0.1) is 28.9 Å². The molecule has 1 aliphatic rings. The highest BCUT2D eigenvalue weighted by Crippen LogP contribution is 2.30. The SMILES string of the molecule is Cc1ccc(CC2CONC(c3cc(C)nnc3Oc3cccc(Cl)c3F)=N2)c(Cl)c1. The number of ether oxygens (including phenoxy) is 1. The van der Waals surface area contributed by atoms with E-state index in [0.717, 1.165) is 11.1 Å². The van der Waals surface area contributed by atoms with Gasteiger partial charge in [-0.05, 0) is 55.7 Å². The number of benzene rings is 2. The van der Waals surface area contributed by atoms with Gasteiger partial charge in [0.15, 0.2) is 17.4 Å². The number of amidine groups is 1. The molecule has 160 valence electrons. The van der Waals surface area contributed by atoms with Crippen molar-refractivity contribution in [2.75, 3.05) is 6.61 Å². The van der Waals surface area contributed by atoms with Crippen molar-refractivity contribution >= 4 is 29.0 Å². The Balaban J connectivity index is 1.64. The number of rotatable bonds is 5. The number of hydrogen-bond acceptors (Lipinski definition) is 6. The van der Waals surface area contributed by atoms with Gasteiger partial charge in [-0.15, -0.1) is 5.10 Å². The summed E-state index contributed by atoms with van der Waals surface area (Å²) in [5, 5.41) is 8.73. The number of nitrogens with one attached hydrogen (secondary N) is 1. The molecule has 0 saturated carbocycles. The van der Waals surface area contributed by atoms with Crippen molar-refractivity contribution in [3.8, 4) is 11.6 Å². The second-order valence-corrected chi connectivity index (χ2v) is 8.02. The first-order chi connectivity index (χ1) is 14.9. The second kappa shape index (κ2) is 9.18. The van der Waals surface area contributed by atoms with E-state index in [-0.39, 0.29) is 22.7 Å². The lowest BCUT2D eigenvalue weighted by molar-refractivity contribution is 0.0623. The van der Waals surface area contributed by atoms with Gasteiger partial charge in [-0.25, -0.2) is 9.87 Å². The number of nitrogens with zero attached hydrogens (tertiary/aromatic N) is 3. The summed E-state index contributed by atoms with van der Waals surface area (Å²) in [6.07, 6.45) is 0.598. The first-order valence-corrected chi connectivity index (χ1v) is 10.3. The molecule has 3 aromatic rings. The van der Waals surface area contributed by atoms with Crippen LogP contribution in [0, 0.1) is 19.7 Å². The molecule has 1 aromatic heterocycles. The lowest BCUT2D eigenvalue weighted by Gasteiger charge is -2.23. The normalized spacial score (nSPS) is 15.9. The average Bonchev–Trinajstić information content (AvgIpc) is 2.75. The first-order valence-electron chi connectivity index (χ1n) is 9.58. The van der Waals surface area contributed by atoms with Crippen LogP contribution in [0.4, 0.5) is 4.39 Å². The lowest BCUT2D eigenvalue weighted by Crippen LogP contribution is -2.37. The summed E-state index contributed by atoms with van der Waals surface area (Å²) < 4.78 is 20.0. The van der Waals surface area contributed by atoms with Crippen molar-refractivity contribution < 1.29 is 14.0 Å². The van der Waals surface area contributed by atoms with Gasteiger partial charge < -0.3 is 4.74 Å². The van der Waals surface area contributed by atoms with Gasteiger partial charge in [-0.2, -0.15) is 5.10 Å². The van der Waals surface area contributed by atoms with E-state index in [0.29, 0.717) is 35.1 Å². The maximum atomic E-state index is 14.3. The fourth-order valence-electron chi connectivity index (χ4n) is 3.14. The Bertz CT molecular complexity index is 1160. The molecule has 0 fully saturated rings. The maximum absolute atomic E-state index is 14.3. The zero-order valence-corrected chi connectivity index (χ0v) is 18.3. The summed E-state index contributed by atoms with van der Waals surface area (Å²) in [4.78, 5) is 10.3. The van der Waals surface area contributed by atoms with Crippen LogP contribution in [0.15, 0.2) is 47.5 Å². The predicted molar refractivity (Wildman–Crippen MR) is 118 cm³/mol. The minimum absolute atomic E-state index is 0.0503. The van der Waals surface area contributed by atoms with Crippen molar-refractivity contribution in [1.82, 2.24) is 15.7 Å². The third-order valence-electron chi connectivity index (χ3n) is 4.68. The Morgan fingerprint density at radius 2 is 1.97 bits per heavy atom. The summed E-state index contributed by atoms with van der Waals surface area (Å²) in [7, 11) is 0. The fraction of sp³-hybridized carbons (Fsp3) is 0.227. The van der Waals surface area contributed by atoms with Crippen molar-refractivity contribution in [2.24, 2.45) is 4.99 Å². The van der Waals surface area contributed by atoms with E-state index in [1.165, 1.54) is 12.1 Å². The molecule has 0 bridgehead atoms. The summed E-state index contributed by atoms with van der Waals surface area (Å²) in [6, 6.07) is 12.0. The molecule has 6 nitrogen and oxygen atoms in total. The van der Waals surface area contributed by atoms with Crippen LogP contribution in [0.2, 0.25) is 10.0 Å². The monoisotopic (exact) mass is 460 g/mol. The van der Waals surface area contributed by atoms with E-state index >= 15 is 0 Å². The summed E-state index contributed by atoms with van der Waals surface area (Å²) in [6.45, 7) is 4.14. The Hall–Kier alpha value is -2.74. The van der Waals surface area contributed by atoms with E-state index in [9.17, 15) is 4.39 Å². The lowest BCUT2D eigenvalue weighted by atomic mass is 10.0. The molecule has 4 rings (SSSR count). The third kappa shape index (κ3) is 4.95. The maximum Gasteiger partial charge on any atom is 0.250 e. The highest BCUT2D eigenvalue weighted by Gasteiger charge is 2.23. The fourth-order valence-corrected chi connectivity index (χ4v) is 3.62. The van der Waals surface area contributed by atoms with Crippen LogP contribution in [0.3, 0.4) is 0 Å². The van der Waals surface area contributed by atoms with E-state index in [1.54, 1.807) is 19.1 Å². The molecule has 1 atom stereocenters. The van der Waals surface area contributed by atoms with Crippen LogP contribution < -0.4 is 10.2 Å². The van der Waals surface area contributed by atoms with Crippen molar-refractivity contribution in [2.45, 2.75) is 26.3 Å². The quantitative estimate of drug-likeness (QED) is 0.564. The van der Waals surface area contributed by atoms with Crippen molar-refractivity contribution in [3.63, 3.8) is 0 Å². The molecule has 0 amide bonds. The van der Waals surface area contributed by atoms with E-state index < -0.39 is 5.82 Å². The Labute approximate surface area is 189 Å². The minimum Gasteiger partial charge on any atom is -0.434 e. The number of hydrogen-bond donors (Lipinski definition) is 1. The van der Waals surface area contributed by atoms with Crippen LogP contribution in [-0.2, 0) is 11.3 Å². The van der Waals surface area contributed by atoms with Crippen LogP contribution in [-0.4, -0.2) is 28.7 Å². The molecule has 2 heterocycles. The standard InChI is InChI=1S/C22H19Cl2FN4O2/c1-12-6-7-14(18(24)8-12)10-15-11-30-29-21(26-15)16-9-13(2)27-28-22(16)31-19-5-3-4-17(23)20(19)25/h3-9,15H,10-11H2,1-2H3,(H,26,29). The number of halogens is 3. The predicted octanol–water partition coefficient (Wildman–Crippen LogP) is 5.22. The molecule has 1 N–H and O–H groups in total. The third-order valence-corrected chi connectivity index (χ3v) is 5.32. The smallest absolute Gasteiger partial charge is 0.250 e. The van der Waals surface area contributed by atoms with Crippen molar-refractivity contribution in [3.05, 3.63) is 80.7 Å². The molecule has 31 heavy (non-hydrogen) atoms. The van der Waals surface area contributed by atoms with Gasteiger partial charge in [0.25, 0.3) is 0 Å². The Morgan fingerprint density at radius 1 is 1.13 bits per heavy atom. The molecule has 2 aromatic carbocycles. The molecule has 0 radical (unpaired) electrons. The molecule has 0 saturated heterocycles. The van der Waals surface area contributed by atoms with Crippen LogP contribution in [0.1, 0.15) is 22.4 Å². The van der Waals surface area contributed by atoms with E-state index in [4.69, 9.17) is 37.8 Å². The zero-order valence-electron chi connectivity index (χ0n) is 16.8. The summed E-state index contributed by atoms with van der Waals surface area (Å²) >= 11 is 12.2. The van der Waals surface area contributed by atoms with Gasteiger partial charge in [-0.3, -0.25) is 9.83 Å². The van der Waals surface area contributed by atoms with E-state index in [2.05, 4.69) is 15.7 Å². The topological polar surface area (TPSA) is 68.6 Å². The van der Waals surface area contributed by atoms with Gasteiger partial charge in [0, 0.05) is 5.02 Å². The van der Waals surface area contributed by atoms with E-state index in [1.807, 2.05) is 25.1 Å². The molecule has 1 unspecified atom stereocenters. The largest absolute Gasteiger partial charge is 0.434 e. The number of aryl methyl sites for hydroxylation is 2. The molecule has 1 aliphatic heterocycles. The minimum atomic E-state index is -0.681. The van der Waals surface area contributed by atoms with Gasteiger partial charge in [0.1, 0.15) is 0 Å². The summed E-state index contributed by atoms with van der Waals surface area (Å²) in [5.41, 5.74) is 6.01. The molecule has 9 heteroatoms. The average molecular weight is 461 g/mol. The van der Waals surface area contributed by atoms with Crippen LogP contribution in [0.25, 0.3) is 0 Å². The summed E-state index contributed by atoms with van der Waals surface area (Å²) in [5.74, 6) is -0.253. The second-order valence-electron chi connectivity index (χ2n) is 7.20. The molecule has 0 aliphatic carbocycles. The Morgan fingerprint density at radius 3 is 2.77 bits per heavy atom. The number of hydroxylamine groups is 1. The number of aromatic nitrogens is 2. The van der Waals surface area contributed by atoms with Gasteiger partial charge >= 0.3 is 0 Å². The molecule has 0 spiro atoms.